The van der Waals surface area contributed by atoms with Gasteiger partial charge in [0.05, 0.1) is 54.3 Å². The monoisotopic (exact) mass is 725 g/mol. The number of carbonyl (C=O) groups excluding carboxylic acids is 2. The highest BCUT2D eigenvalue weighted by Gasteiger charge is 2.50. The molecule has 7 rings (SSSR count). The average molecular weight is 726 g/mol. The van der Waals surface area contributed by atoms with E-state index in [0.29, 0.717) is 13.1 Å². The van der Waals surface area contributed by atoms with Gasteiger partial charge in [0, 0.05) is 55.1 Å². The molecule has 278 valence electrons. The van der Waals surface area contributed by atoms with E-state index in [0.717, 1.165) is 11.1 Å². The van der Waals surface area contributed by atoms with Gasteiger partial charge in [-0.1, -0.05) is 72.8 Å². The Labute approximate surface area is 306 Å². The number of rotatable bonds is 10. The fraction of sp³-hybridized carbons (Fsp3) is 0.366. The molecule has 0 amide bonds. The first-order valence-electron chi connectivity index (χ1n) is 17.6. The molecule has 0 aromatic heterocycles. The topological polar surface area (TPSA) is 186 Å². The normalized spacial score (nSPS) is 25.8. The Bertz CT molecular complexity index is 1960. The number of carbonyl (C=O) groups is 2. The highest BCUT2D eigenvalue weighted by Crippen LogP contribution is 2.53. The first kappa shape index (κ1) is 36.7. The summed E-state index contributed by atoms with van der Waals surface area (Å²) in [5.41, 5.74) is -1.19. The summed E-state index contributed by atoms with van der Waals surface area (Å²) in [5.74, 6) is -2.65. The maximum Gasteiger partial charge on any atom is 0.202 e. The van der Waals surface area contributed by atoms with E-state index >= 15 is 0 Å². The number of nitrogens with zero attached hydrogens (tertiary/aromatic N) is 1. The number of aliphatic hydroxyl groups is 4. The number of benzene rings is 4. The molecule has 6 N–H and O–H groups in total. The number of phenols is 2. The summed E-state index contributed by atoms with van der Waals surface area (Å²) >= 11 is 0. The third kappa shape index (κ3) is 6.61. The van der Waals surface area contributed by atoms with E-state index < -0.39 is 89.6 Å². The van der Waals surface area contributed by atoms with E-state index in [1.54, 1.807) is 6.92 Å². The maximum absolute atomic E-state index is 14.0. The van der Waals surface area contributed by atoms with Gasteiger partial charge in [-0.25, -0.2) is 0 Å². The zero-order valence-electron chi connectivity index (χ0n) is 29.4. The van der Waals surface area contributed by atoms with Crippen LogP contribution in [0.25, 0.3) is 0 Å². The lowest BCUT2D eigenvalue weighted by molar-refractivity contribution is -0.263. The van der Waals surface area contributed by atoms with Gasteiger partial charge in [-0.3, -0.25) is 14.5 Å². The molecule has 1 saturated heterocycles. The van der Waals surface area contributed by atoms with Crippen molar-refractivity contribution in [2.24, 2.45) is 0 Å². The van der Waals surface area contributed by atoms with Crippen LogP contribution >= 0.6 is 0 Å². The first-order chi connectivity index (χ1) is 25.4. The summed E-state index contributed by atoms with van der Waals surface area (Å²) in [6, 6.07) is 23.6. The molecular weight excluding hydrogens is 682 g/mol. The Morgan fingerprint density at radius 3 is 2.11 bits per heavy atom. The van der Waals surface area contributed by atoms with E-state index in [2.05, 4.69) is 4.90 Å². The van der Waals surface area contributed by atoms with Crippen LogP contribution in [0, 0.1) is 0 Å². The molecule has 12 nitrogen and oxygen atoms in total. The van der Waals surface area contributed by atoms with Crippen molar-refractivity contribution >= 4 is 11.6 Å². The zero-order valence-corrected chi connectivity index (χ0v) is 29.4. The van der Waals surface area contributed by atoms with E-state index in [1.165, 1.54) is 25.3 Å². The summed E-state index contributed by atoms with van der Waals surface area (Å²) in [4.78, 5) is 30.0. The molecule has 1 fully saturated rings. The number of phenolic OH excluding ortho intramolecular Hbond substituents is 2. The molecule has 0 radical (unpaired) electrons. The third-order valence-electron chi connectivity index (χ3n) is 10.8. The molecule has 2 aliphatic carbocycles. The fourth-order valence-electron chi connectivity index (χ4n) is 8.07. The molecule has 4 aromatic rings. The fourth-order valence-corrected chi connectivity index (χ4v) is 8.07. The number of methoxy groups -OCH3 is 1. The van der Waals surface area contributed by atoms with Crippen LogP contribution in [0.5, 0.6) is 17.2 Å². The summed E-state index contributed by atoms with van der Waals surface area (Å²) in [5, 5.41) is 67.7. The van der Waals surface area contributed by atoms with Crippen LogP contribution in [0.1, 0.15) is 80.0 Å². The highest BCUT2D eigenvalue weighted by molar-refractivity contribution is 6.31. The molecule has 1 unspecified atom stereocenters. The minimum absolute atomic E-state index is 0.0319. The van der Waals surface area contributed by atoms with Crippen LogP contribution in [0.15, 0.2) is 78.9 Å². The molecule has 53 heavy (non-hydrogen) atoms. The smallest absolute Gasteiger partial charge is 0.202 e. The standard InChI is InChI=1S/C41H43NO11/c1-22-36(45)27(42(19-23-10-5-3-6-11-23)20-24-12-7-4-8-13-24)16-31(52-22)53-29-18-41(50,30(44)21-43)17-26-33(29)40(49)35-34(38(26)47)37(46)25-14-9-15-28(51-2)32(25)39(35)48/h3-15,22,27,29-31,36,43-45,47,49-50H,16-21H2,1-2H3/t22-,27-,29-,30?,31-,36+,41-/m0/s1. The van der Waals surface area contributed by atoms with Crippen LogP contribution in [0.3, 0.4) is 0 Å². The number of hydrogen-bond donors (Lipinski definition) is 6. The zero-order chi connectivity index (χ0) is 37.6. The van der Waals surface area contributed by atoms with Crippen molar-refractivity contribution in [2.45, 2.75) is 81.6 Å². The SMILES string of the molecule is COc1cccc2c1C(=O)c1c(O)c3c(c(O)c1C2=O)C[C@@](O)(C(O)CO)C[C@@H]3O[C@H]1C[C@H](N(Cc2ccccc2)Cc2ccccc2)[C@H](O)[C@H](C)O1. The Morgan fingerprint density at radius 1 is 0.887 bits per heavy atom. The van der Waals surface area contributed by atoms with Crippen molar-refractivity contribution in [1.29, 1.82) is 0 Å². The van der Waals surface area contributed by atoms with Crippen LogP contribution in [0.2, 0.25) is 0 Å². The van der Waals surface area contributed by atoms with Crippen molar-refractivity contribution in [2.75, 3.05) is 13.7 Å². The van der Waals surface area contributed by atoms with Crippen LogP contribution in [0.4, 0.5) is 0 Å². The second-order valence-electron chi connectivity index (χ2n) is 14.1. The van der Waals surface area contributed by atoms with E-state index in [1.807, 2.05) is 60.7 Å². The molecule has 0 bridgehead atoms. The minimum atomic E-state index is -2.08. The van der Waals surface area contributed by atoms with E-state index in [-0.39, 0.29) is 40.8 Å². The van der Waals surface area contributed by atoms with Crippen molar-refractivity contribution in [3.63, 3.8) is 0 Å². The van der Waals surface area contributed by atoms with Gasteiger partial charge < -0.3 is 44.8 Å². The number of ether oxygens (including phenoxy) is 3. The largest absolute Gasteiger partial charge is 0.507 e. The van der Waals surface area contributed by atoms with Gasteiger partial charge in [-0.05, 0) is 24.1 Å². The quantitative estimate of drug-likeness (QED) is 0.115. The predicted molar refractivity (Wildman–Crippen MR) is 191 cm³/mol. The van der Waals surface area contributed by atoms with Gasteiger partial charge >= 0.3 is 0 Å². The summed E-state index contributed by atoms with van der Waals surface area (Å²) in [6.07, 6.45) is -6.44. The van der Waals surface area contributed by atoms with Crippen molar-refractivity contribution in [1.82, 2.24) is 4.90 Å². The molecule has 1 aliphatic heterocycles. The van der Waals surface area contributed by atoms with Gasteiger partial charge in [0.1, 0.15) is 23.4 Å². The maximum atomic E-state index is 14.0. The average Bonchev–Trinajstić information content (AvgIpc) is 3.16. The van der Waals surface area contributed by atoms with Crippen molar-refractivity contribution in [3.05, 3.63) is 123 Å². The Morgan fingerprint density at radius 2 is 1.51 bits per heavy atom. The molecule has 12 heteroatoms. The Balaban J connectivity index is 1.28. The number of hydrogen-bond acceptors (Lipinski definition) is 12. The van der Waals surface area contributed by atoms with Gasteiger partial charge in [-0.15, -0.1) is 0 Å². The van der Waals surface area contributed by atoms with Gasteiger partial charge in [0.15, 0.2) is 12.1 Å². The van der Waals surface area contributed by atoms with Crippen molar-refractivity contribution < 1.29 is 54.4 Å². The molecule has 7 atom stereocenters. The summed E-state index contributed by atoms with van der Waals surface area (Å²) in [7, 11) is 1.35. The number of fused-ring (bicyclic) bond motifs is 3. The lowest BCUT2D eigenvalue weighted by atomic mass is 9.71. The van der Waals surface area contributed by atoms with Crippen LogP contribution in [-0.2, 0) is 29.0 Å². The Hall–Kier alpha value is -4.66. The minimum Gasteiger partial charge on any atom is -0.507 e. The Kier molecular flexibility index (Phi) is 10.1. The molecule has 0 spiro atoms. The molecule has 4 aromatic carbocycles. The van der Waals surface area contributed by atoms with Crippen LogP contribution in [-0.4, -0.2) is 97.1 Å². The van der Waals surface area contributed by atoms with Crippen LogP contribution < -0.4 is 4.74 Å². The summed E-state index contributed by atoms with van der Waals surface area (Å²) < 4.78 is 18.1. The molecule has 0 saturated carbocycles. The second kappa shape index (κ2) is 14.6. The van der Waals surface area contributed by atoms with E-state index in [4.69, 9.17) is 14.2 Å². The predicted octanol–water partition coefficient (Wildman–Crippen LogP) is 3.54. The lowest BCUT2D eigenvalue weighted by Crippen LogP contribution is -2.55. The number of ketones is 2. The number of aliphatic hydroxyl groups excluding tert-OH is 3. The lowest BCUT2D eigenvalue weighted by Gasteiger charge is -2.46. The third-order valence-corrected chi connectivity index (χ3v) is 10.8. The molecule has 3 aliphatic rings. The van der Waals surface area contributed by atoms with E-state index in [9.17, 15) is 40.2 Å². The molecule has 1 heterocycles. The van der Waals surface area contributed by atoms with Gasteiger partial charge in [0.2, 0.25) is 5.78 Å². The second-order valence-corrected chi connectivity index (χ2v) is 14.1. The molecular formula is C41H43NO11. The summed E-state index contributed by atoms with van der Waals surface area (Å²) in [6.45, 7) is 1.87. The number of aromatic hydroxyl groups is 2. The van der Waals surface area contributed by atoms with Gasteiger partial charge in [0.25, 0.3) is 0 Å². The van der Waals surface area contributed by atoms with Gasteiger partial charge in [-0.2, -0.15) is 0 Å². The highest BCUT2D eigenvalue weighted by atomic mass is 16.7. The van der Waals surface area contributed by atoms with Crippen molar-refractivity contribution in [3.8, 4) is 17.2 Å². The first-order valence-corrected chi connectivity index (χ1v) is 17.6.